The lowest BCUT2D eigenvalue weighted by molar-refractivity contribution is -0.136. The number of benzene rings is 4. The molecule has 4 atom stereocenters. The largest absolute Gasteiger partial charge is 0.508 e. The average molecular weight is 599 g/mol. The minimum absolute atomic E-state index is 0.0151. The predicted molar refractivity (Wildman–Crippen MR) is 151 cm³/mol. The molecule has 3 heterocycles. The third-order valence-corrected chi connectivity index (χ3v) is 8.43. The molecule has 224 valence electrons. The van der Waals surface area contributed by atoms with E-state index in [9.17, 15) is 40.2 Å². The molecule has 44 heavy (non-hydrogen) atoms. The van der Waals surface area contributed by atoms with E-state index in [4.69, 9.17) is 14.2 Å². The normalized spacial score (nSPS) is 22.1. The van der Waals surface area contributed by atoms with E-state index in [2.05, 4.69) is 0 Å². The van der Waals surface area contributed by atoms with E-state index in [0.717, 1.165) is 0 Å². The van der Waals surface area contributed by atoms with E-state index in [1.807, 2.05) is 0 Å². The second-order valence-corrected chi connectivity index (χ2v) is 11.2. The fourth-order valence-corrected chi connectivity index (χ4v) is 6.37. The van der Waals surface area contributed by atoms with Crippen LogP contribution >= 0.6 is 0 Å². The molecule has 0 aliphatic carbocycles. The number of ether oxygens (including phenoxy) is 3. The van der Waals surface area contributed by atoms with E-state index < -0.39 is 41.7 Å². The number of rotatable bonds is 3. The molecule has 4 aromatic rings. The summed E-state index contributed by atoms with van der Waals surface area (Å²) in [6.07, 6.45) is -2.35. The fourth-order valence-electron chi connectivity index (χ4n) is 6.37. The zero-order valence-corrected chi connectivity index (χ0v) is 22.9. The lowest BCUT2D eigenvalue weighted by Crippen LogP contribution is -2.35. The Labute approximate surface area is 249 Å². The summed E-state index contributed by atoms with van der Waals surface area (Å²) in [5, 5.41) is 61.7. The molecule has 4 unspecified atom stereocenters. The van der Waals surface area contributed by atoms with Crippen molar-refractivity contribution in [3.63, 3.8) is 0 Å². The van der Waals surface area contributed by atoms with Crippen LogP contribution < -0.4 is 14.2 Å². The molecule has 4 aromatic carbocycles. The first kappa shape index (κ1) is 27.4. The molecular formula is C33H26O11. The molecule has 3 aliphatic rings. The van der Waals surface area contributed by atoms with Crippen molar-refractivity contribution in [3.8, 4) is 46.0 Å². The highest BCUT2D eigenvalue weighted by atomic mass is 16.6. The van der Waals surface area contributed by atoms with Gasteiger partial charge in [-0.2, -0.15) is 0 Å². The average Bonchev–Trinajstić information content (AvgIpc) is 2.99. The van der Waals surface area contributed by atoms with Crippen LogP contribution in [0.3, 0.4) is 0 Å². The maximum absolute atomic E-state index is 13.2. The van der Waals surface area contributed by atoms with Crippen LogP contribution in [0.5, 0.6) is 46.0 Å². The molecule has 0 spiro atoms. The monoisotopic (exact) mass is 598 g/mol. The highest BCUT2D eigenvalue weighted by Crippen LogP contribution is 2.59. The van der Waals surface area contributed by atoms with E-state index in [1.54, 1.807) is 24.3 Å². The van der Waals surface area contributed by atoms with Gasteiger partial charge >= 0.3 is 11.9 Å². The number of aliphatic hydroxyl groups excluding tert-OH is 1. The molecule has 0 aromatic heterocycles. The van der Waals surface area contributed by atoms with Gasteiger partial charge in [-0.15, -0.1) is 0 Å². The van der Waals surface area contributed by atoms with Gasteiger partial charge in [-0.05, 0) is 53.1 Å². The first-order valence-corrected chi connectivity index (χ1v) is 13.9. The summed E-state index contributed by atoms with van der Waals surface area (Å²) in [5.41, 5.74) is 2.61. The minimum atomic E-state index is -1.10. The molecule has 6 N–H and O–H groups in total. The van der Waals surface area contributed by atoms with Crippen LogP contribution in [-0.4, -0.2) is 48.7 Å². The van der Waals surface area contributed by atoms with Crippen LogP contribution in [0.1, 0.15) is 64.2 Å². The fraction of sp³-hybridized carbons (Fsp3) is 0.212. The molecular weight excluding hydrogens is 572 g/mol. The molecule has 3 aliphatic heterocycles. The van der Waals surface area contributed by atoms with Crippen LogP contribution in [0.2, 0.25) is 0 Å². The Kier molecular flexibility index (Phi) is 6.29. The van der Waals surface area contributed by atoms with Gasteiger partial charge in [0.05, 0.1) is 18.9 Å². The Bertz CT molecular complexity index is 1850. The number of hydrogen-bond donors (Lipinski definition) is 6. The third kappa shape index (κ3) is 4.40. The van der Waals surface area contributed by atoms with Crippen molar-refractivity contribution in [2.24, 2.45) is 0 Å². The van der Waals surface area contributed by atoms with Gasteiger partial charge in [-0.25, -0.2) is 0 Å². The number of phenols is 5. The molecule has 11 nitrogen and oxygen atoms in total. The van der Waals surface area contributed by atoms with Gasteiger partial charge in [0.1, 0.15) is 29.1 Å². The van der Waals surface area contributed by atoms with Crippen molar-refractivity contribution in [2.75, 3.05) is 0 Å². The van der Waals surface area contributed by atoms with Crippen molar-refractivity contribution in [3.05, 3.63) is 94.0 Å². The zero-order chi connectivity index (χ0) is 30.9. The Morgan fingerprint density at radius 1 is 0.568 bits per heavy atom. The molecule has 0 fully saturated rings. The summed E-state index contributed by atoms with van der Waals surface area (Å²) in [6, 6.07) is 14.5. The first-order chi connectivity index (χ1) is 21.1. The van der Waals surface area contributed by atoms with Gasteiger partial charge < -0.3 is 44.8 Å². The summed E-state index contributed by atoms with van der Waals surface area (Å²) in [6.45, 7) is 0. The standard InChI is InChI=1S/C33H26O11/c34-17-5-1-14(2-6-17)30-25(39)11-20-31-28(18(12-26(40)42-31)15-3-7-21(35)23(37)9-15)33-29(32(20)44-30)19(13-27(41)43-33)16-4-8-22(36)24(38)10-16/h1-10,18-19,25,30,34-39H,11-13H2. The van der Waals surface area contributed by atoms with Gasteiger partial charge in [-0.1, -0.05) is 24.3 Å². The number of aromatic hydroxyl groups is 5. The van der Waals surface area contributed by atoms with Gasteiger partial charge in [-0.3, -0.25) is 9.59 Å². The number of aliphatic hydroxyl groups is 1. The summed E-state index contributed by atoms with van der Waals surface area (Å²) < 4.78 is 18.2. The first-order valence-electron chi connectivity index (χ1n) is 13.9. The summed E-state index contributed by atoms with van der Waals surface area (Å²) in [5.74, 6) is -3.79. The lowest BCUT2D eigenvalue weighted by Gasteiger charge is -2.40. The van der Waals surface area contributed by atoms with E-state index in [0.29, 0.717) is 33.4 Å². The predicted octanol–water partition coefficient (Wildman–Crippen LogP) is 4.13. The van der Waals surface area contributed by atoms with Crippen LogP contribution in [0.15, 0.2) is 60.7 Å². The Hall–Kier alpha value is -5.42. The Balaban J connectivity index is 1.50. The number of carbonyl (C=O) groups excluding carboxylic acids is 2. The summed E-state index contributed by atoms with van der Waals surface area (Å²) in [7, 11) is 0. The molecule has 0 saturated carbocycles. The lowest BCUT2D eigenvalue weighted by atomic mass is 9.76. The smallest absolute Gasteiger partial charge is 0.312 e. The quantitative estimate of drug-likeness (QED) is 0.113. The van der Waals surface area contributed by atoms with E-state index >= 15 is 0 Å². The van der Waals surface area contributed by atoms with Crippen LogP contribution in [0.25, 0.3) is 0 Å². The van der Waals surface area contributed by atoms with Crippen LogP contribution in [-0.2, 0) is 16.0 Å². The summed E-state index contributed by atoms with van der Waals surface area (Å²) in [4.78, 5) is 26.2. The van der Waals surface area contributed by atoms with Crippen molar-refractivity contribution in [1.82, 2.24) is 0 Å². The number of esters is 2. The minimum Gasteiger partial charge on any atom is -0.508 e. The van der Waals surface area contributed by atoms with Gasteiger partial charge in [0.25, 0.3) is 0 Å². The van der Waals surface area contributed by atoms with Crippen molar-refractivity contribution >= 4 is 11.9 Å². The molecule has 0 radical (unpaired) electrons. The number of hydrogen-bond acceptors (Lipinski definition) is 11. The highest BCUT2D eigenvalue weighted by Gasteiger charge is 2.46. The van der Waals surface area contributed by atoms with E-state index in [-0.39, 0.29) is 59.5 Å². The van der Waals surface area contributed by atoms with Crippen LogP contribution in [0, 0.1) is 0 Å². The number of fused-ring (bicyclic) bond motifs is 6. The van der Waals surface area contributed by atoms with Crippen molar-refractivity contribution in [2.45, 2.75) is 43.3 Å². The van der Waals surface area contributed by atoms with Gasteiger partial charge in [0.2, 0.25) is 0 Å². The molecule has 0 bridgehead atoms. The third-order valence-electron chi connectivity index (χ3n) is 8.43. The number of carbonyl (C=O) groups is 2. The Morgan fingerprint density at radius 3 is 1.61 bits per heavy atom. The maximum atomic E-state index is 13.2. The molecule has 0 saturated heterocycles. The van der Waals surface area contributed by atoms with Gasteiger partial charge in [0.15, 0.2) is 23.0 Å². The topological polar surface area (TPSA) is 183 Å². The SMILES string of the molecule is O=C1CC(c2ccc(O)c(O)c2)c2c(c3c(c4c2OC(=O)CC4c2ccc(O)c(O)c2)OC(c2ccc(O)cc2)C(O)C3)O1. The van der Waals surface area contributed by atoms with Crippen LogP contribution in [0.4, 0.5) is 0 Å². The molecule has 7 rings (SSSR count). The van der Waals surface area contributed by atoms with Crippen molar-refractivity contribution < 1.29 is 54.4 Å². The summed E-state index contributed by atoms with van der Waals surface area (Å²) >= 11 is 0. The number of phenolic OH excluding ortho intramolecular Hbond substituents is 5. The van der Waals surface area contributed by atoms with Crippen molar-refractivity contribution in [1.29, 1.82) is 0 Å². The second kappa shape index (κ2) is 10.1. The zero-order valence-electron chi connectivity index (χ0n) is 22.9. The maximum Gasteiger partial charge on any atom is 0.312 e. The Morgan fingerprint density at radius 2 is 1.07 bits per heavy atom. The van der Waals surface area contributed by atoms with Gasteiger partial charge in [0, 0.05) is 34.9 Å². The molecule has 0 amide bonds. The highest BCUT2D eigenvalue weighted by molar-refractivity contribution is 5.86. The van der Waals surface area contributed by atoms with E-state index in [1.165, 1.54) is 36.4 Å². The molecule has 11 heteroatoms. The second-order valence-electron chi connectivity index (χ2n) is 11.2.